The maximum Gasteiger partial charge on any atom is 0.150 e. The number of sulfone groups is 1. The molecule has 2 unspecified atom stereocenters. The van der Waals surface area contributed by atoms with Gasteiger partial charge in [0, 0.05) is 24.7 Å². The predicted molar refractivity (Wildman–Crippen MR) is 71.3 cm³/mol. The third kappa shape index (κ3) is 2.71. The minimum atomic E-state index is -2.85. The van der Waals surface area contributed by atoms with Crippen LogP contribution in [0.5, 0.6) is 0 Å². The second-order valence-electron chi connectivity index (χ2n) is 5.73. The summed E-state index contributed by atoms with van der Waals surface area (Å²) in [6.45, 7) is 6.27. The highest BCUT2D eigenvalue weighted by Crippen LogP contribution is 2.33. The van der Waals surface area contributed by atoms with Crippen LogP contribution >= 0.6 is 0 Å². The van der Waals surface area contributed by atoms with Gasteiger partial charge in [0.1, 0.15) is 9.84 Å². The van der Waals surface area contributed by atoms with Gasteiger partial charge in [0.25, 0.3) is 0 Å². The fourth-order valence-corrected chi connectivity index (χ4v) is 4.68. The fourth-order valence-electron chi connectivity index (χ4n) is 3.09. The molecule has 2 rings (SSSR count). The molecule has 2 aliphatic heterocycles. The SMILES string of the molecule is CC1CN(C2(CN)CCS(=O)(=O)CC2)C(C)CO1. The van der Waals surface area contributed by atoms with Crippen LogP contribution < -0.4 is 5.73 Å². The van der Waals surface area contributed by atoms with E-state index < -0.39 is 9.84 Å². The summed E-state index contributed by atoms with van der Waals surface area (Å²) in [6, 6.07) is 0.311. The van der Waals surface area contributed by atoms with Gasteiger partial charge in [-0.2, -0.15) is 0 Å². The van der Waals surface area contributed by atoms with E-state index in [-0.39, 0.29) is 23.1 Å². The van der Waals surface area contributed by atoms with Crippen LogP contribution in [0, 0.1) is 0 Å². The second kappa shape index (κ2) is 5.07. The van der Waals surface area contributed by atoms with E-state index in [1.54, 1.807) is 0 Å². The highest BCUT2D eigenvalue weighted by molar-refractivity contribution is 7.91. The van der Waals surface area contributed by atoms with E-state index in [1.165, 1.54) is 0 Å². The maximum atomic E-state index is 11.6. The minimum absolute atomic E-state index is 0.150. The summed E-state index contributed by atoms with van der Waals surface area (Å²) in [4.78, 5) is 2.38. The van der Waals surface area contributed by atoms with Crippen molar-refractivity contribution in [2.45, 2.75) is 44.4 Å². The van der Waals surface area contributed by atoms with Crippen molar-refractivity contribution in [1.29, 1.82) is 0 Å². The Kier molecular flexibility index (Phi) is 4.02. The molecule has 2 aliphatic rings. The van der Waals surface area contributed by atoms with Crippen LogP contribution in [0.2, 0.25) is 0 Å². The molecule has 0 aromatic heterocycles. The third-order valence-corrected chi connectivity index (χ3v) is 6.01. The first-order valence-corrected chi connectivity index (χ1v) is 8.49. The Morgan fingerprint density at radius 1 is 1.33 bits per heavy atom. The first-order valence-electron chi connectivity index (χ1n) is 6.67. The molecule has 106 valence electrons. The van der Waals surface area contributed by atoms with Gasteiger partial charge in [-0.05, 0) is 26.7 Å². The van der Waals surface area contributed by atoms with Crippen LogP contribution in [0.25, 0.3) is 0 Å². The Morgan fingerprint density at radius 2 is 1.94 bits per heavy atom. The average molecular weight is 276 g/mol. The van der Waals surface area contributed by atoms with Crippen LogP contribution in [0.15, 0.2) is 0 Å². The van der Waals surface area contributed by atoms with E-state index in [0.717, 1.165) is 6.54 Å². The van der Waals surface area contributed by atoms with Crippen molar-refractivity contribution in [3.8, 4) is 0 Å². The summed E-state index contributed by atoms with van der Waals surface area (Å²) in [7, 11) is -2.85. The summed E-state index contributed by atoms with van der Waals surface area (Å²) < 4.78 is 28.8. The van der Waals surface area contributed by atoms with E-state index in [4.69, 9.17) is 10.5 Å². The van der Waals surface area contributed by atoms with Crippen molar-refractivity contribution < 1.29 is 13.2 Å². The predicted octanol–water partition coefficient (Wildman–Crippen LogP) is 0.00170. The van der Waals surface area contributed by atoms with Gasteiger partial charge in [0.2, 0.25) is 0 Å². The van der Waals surface area contributed by atoms with Gasteiger partial charge >= 0.3 is 0 Å². The summed E-state index contributed by atoms with van der Waals surface area (Å²) in [6.07, 6.45) is 1.51. The Hall–Kier alpha value is -0.170. The summed E-state index contributed by atoms with van der Waals surface area (Å²) in [5.41, 5.74) is 5.84. The van der Waals surface area contributed by atoms with Crippen molar-refractivity contribution in [2.24, 2.45) is 5.73 Å². The Balaban J connectivity index is 2.17. The smallest absolute Gasteiger partial charge is 0.150 e. The normalized spacial score (nSPS) is 36.4. The number of rotatable bonds is 2. The number of hydrogen-bond acceptors (Lipinski definition) is 5. The third-order valence-electron chi connectivity index (χ3n) is 4.35. The minimum Gasteiger partial charge on any atom is -0.376 e. The number of nitrogens with two attached hydrogens (primary N) is 1. The monoisotopic (exact) mass is 276 g/mol. The molecular formula is C12H24N2O3S. The molecule has 0 saturated carbocycles. The van der Waals surface area contributed by atoms with E-state index in [1.807, 2.05) is 0 Å². The Morgan fingerprint density at radius 3 is 2.50 bits per heavy atom. The molecule has 6 heteroatoms. The maximum absolute atomic E-state index is 11.6. The van der Waals surface area contributed by atoms with Crippen LogP contribution in [0.3, 0.4) is 0 Å². The van der Waals surface area contributed by atoms with E-state index in [2.05, 4.69) is 18.7 Å². The van der Waals surface area contributed by atoms with E-state index in [9.17, 15) is 8.42 Å². The molecule has 0 amide bonds. The van der Waals surface area contributed by atoms with Crippen molar-refractivity contribution in [3.63, 3.8) is 0 Å². The van der Waals surface area contributed by atoms with E-state index in [0.29, 0.717) is 32.0 Å². The number of nitrogens with zero attached hydrogens (tertiary/aromatic N) is 1. The van der Waals surface area contributed by atoms with Crippen LogP contribution in [-0.2, 0) is 14.6 Å². The van der Waals surface area contributed by atoms with E-state index >= 15 is 0 Å². The summed E-state index contributed by atoms with van der Waals surface area (Å²) in [5.74, 6) is 0.533. The van der Waals surface area contributed by atoms with Gasteiger partial charge in [-0.25, -0.2) is 8.42 Å². The lowest BCUT2D eigenvalue weighted by Gasteiger charge is -2.51. The van der Waals surface area contributed by atoms with Gasteiger partial charge in [-0.1, -0.05) is 0 Å². The van der Waals surface area contributed by atoms with Gasteiger partial charge in [0.15, 0.2) is 0 Å². The fraction of sp³-hybridized carbons (Fsp3) is 1.00. The molecule has 2 fully saturated rings. The summed E-state index contributed by atoms with van der Waals surface area (Å²) >= 11 is 0. The molecule has 0 bridgehead atoms. The first kappa shape index (κ1) is 14.2. The number of ether oxygens (including phenoxy) is 1. The largest absolute Gasteiger partial charge is 0.376 e. The van der Waals surface area contributed by atoms with Gasteiger partial charge in [0.05, 0.1) is 24.2 Å². The lowest BCUT2D eigenvalue weighted by atomic mass is 9.87. The van der Waals surface area contributed by atoms with Crippen molar-refractivity contribution in [1.82, 2.24) is 4.90 Å². The van der Waals surface area contributed by atoms with Gasteiger partial charge < -0.3 is 10.5 Å². The zero-order valence-corrected chi connectivity index (χ0v) is 12.1. The standard InChI is InChI=1S/C12H24N2O3S/c1-10-8-17-11(2)7-14(10)12(9-13)3-5-18(15,16)6-4-12/h10-11H,3-9,13H2,1-2H3. The van der Waals surface area contributed by atoms with Crippen molar-refractivity contribution in [2.75, 3.05) is 31.2 Å². The molecule has 2 heterocycles. The molecule has 18 heavy (non-hydrogen) atoms. The molecule has 2 atom stereocenters. The Bertz CT molecular complexity index is 382. The molecule has 2 N–H and O–H groups in total. The first-order chi connectivity index (χ1) is 8.38. The second-order valence-corrected chi connectivity index (χ2v) is 8.03. The molecule has 5 nitrogen and oxygen atoms in total. The topological polar surface area (TPSA) is 72.6 Å². The zero-order chi connectivity index (χ0) is 13.4. The van der Waals surface area contributed by atoms with Gasteiger partial charge in [-0.15, -0.1) is 0 Å². The molecule has 0 spiro atoms. The molecule has 0 aromatic rings. The molecule has 0 radical (unpaired) electrons. The molecule has 0 aromatic carbocycles. The molecule has 2 saturated heterocycles. The average Bonchev–Trinajstić information content (AvgIpc) is 2.33. The van der Waals surface area contributed by atoms with Crippen molar-refractivity contribution in [3.05, 3.63) is 0 Å². The molecular weight excluding hydrogens is 252 g/mol. The van der Waals surface area contributed by atoms with Crippen LogP contribution in [-0.4, -0.2) is 62.2 Å². The number of hydrogen-bond donors (Lipinski definition) is 1. The highest BCUT2D eigenvalue weighted by Gasteiger charge is 2.44. The van der Waals surface area contributed by atoms with Crippen molar-refractivity contribution >= 4 is 9.84 Å². The van der Waals surface area contributed by atoms with Crippen LogP contribution in [0.4, 0.5) is 0 Å². The highest BCUT2D eigenvalue weighted by atomic mass is 32.2. The quantitative estimate of drug-likeness (QED) is 0.769. The lowest BCUT2D eigenvalue weighted by molar-refractivity contribution is -0.0951. The number of morpholine rings is 1. The Labute approximate surface area is 110 Å². The zero-order valence-electron chi connectivity index (χ0n) is 11.3. The summed E-state index contributed by atoms with van der Waals surface area (Å²) in [5, 5.41) is 0. The molecule has 0 aliphatic carbocycles. The van der Waals surface area contributed by atoms with Crippen LogP contribution in [0.1, 0.15) is 26.7 Å². The lowest BCUT2D eigenvalue weighted by Crippen LogP contribution is -2.64. The van der Waals surface area contributed by atoms with Gasteiger partial charge in [-0.3, -0.25) is 4.90 Å².